The van der Waals surface area contributed by atoms with Crippen LogP contribution >= 0.6 is 11.8 Å². The average molecular weight is 477 g/mol. The molecule has 2 heterocycles. The van der Waals surface area contributed by atoms with Crippen LogP contribution in [0.2, 0.25) is 0 Å². The van der Waals surface area contributed by atoms with E-state index in [9.17, 15) is 9.59 Å². The Morgan fingerprint density at radius 2 is 1.97 bits per heavy atom. The predicted molar refractivity (Wildman–Crippen MR) is 132 cm³/mol. The third-order valence-electron chi connectivity index (χ3n) is 5.88. The third kappa shape index (κ3) is 5.07. The first kappa shape index (κ1) is 23.8. The monoisotopic (exact) mass is 476 g/mol. The molecule has 1 aromatic heterocycles. The molecule has 0 N–H and O–H groups in total. The summed E-state index contributed by atoms with van der Waals surface area (Å²) in [4.78, 5) is 27.8. The van der Waals surface area contributed by atoms with Crippen molar-refractivity contribution in [2.75, 3.05) is 19.4 Å². The first-order chi connectivity index (χ1) is 16.5. The smallest absolute Gasteiger partial charge is 0.254 e. The number of nitrogens with zero attached hydrogens (tertiary/aromatic N) is 4. The number of allylic oxidation sites excluding steroid dienone is 1. The molecule has 7 nitrogen and oxygen atoms in total. The first-order valence-corrected chi connectivity index (χ1v) is 12.2. The Morgan fingerprint density at radius 1 is 1.18 bits per heavy atom. The fourth-order valence-electron chi connectivity index (χ4n) is 4.17. The quantitative estimate of drug-likeness (QED) is 0.252. The van der Waals surface area contributed by atoms with Crippen molar-refractivity contribution >= 4 is 23.5 Å². The number of carbonyl (C=O) groups is 2. The minimum absolute atomic E-state index is 0.000487. The van der Waals surface area contributed by atoms with E-state index in [0.29, 0.717) is 35.1 Å². The number of aromatic nitrogens is 3. The van der Waals surface area contributed by atoms with Gasteiger partial charge in [0, 0.05) is 24.2 Å². The molecule has 1 saturated heterocycles. The molecule has 1 amide bonds. The van der Waals surface area contributed by atoms with Crippen molar-refractivity contribution < 1.29 is 14.3 Å². The number of benzene rings is 2. The highest BCUT2D eigenvalue weighted by atomic mass is 32.2. The number of rotatable bonds is 9. The highest BCUT2D eigenvalue weighted by molar-refractivity contribution is 7.99. The number of hydrogen-bond donors (Lipinski definition) is 0. The molecule has 8 heteroatoms. The number of Topliss-reactive ketones (excluding diaryl/α,β-unsaturated/α-hetero) is 1. The summed E-state index contributed by atoms with van der Waals surface area (Å²) in [5.41, 5.74) is 2.35. The highest BCUT2D eigenvalue weighted by Gasteiger charge is 2.34. The number of carbonyl (C=O) groups excluding carboxylic acids is 2. The molecule has 0 spiro atoms. The van der Waals surface area contributed by atoms with Crippen molar-refractivity contribution in [3.63, 3.8) is 0 Å². The van der Waals surface area contributed by atoms with Gasteiger partial charge in [-0.2, -0.15) is 0 Å². The molecule has 0 bridgehead atoms. The van der Waals surface area contributed by atoms with Crippen LogP contribution in [0.25, 0.3) is 0 Å². The molecule has 1 atom stereocenters. The van der Waals surface area contributed by atoms with Crippen LogP contribution in [0, 0.1) is 6.92 Å². The summed E-state index contributed by atoms with van der Waals surface area (Å²) < 4.78 is 7.12. The Morgan fingerprint density at radius 3 is 2.68 bits per heavy atom. The van der Waals surface area contributed by atoms with Crippen LogP contribution in [-0.2, 0) is 6.54 Å². The molecule has 1 aliphatic rings. The molecule has 1 aliphatic heterocycles. The summed E-state index contributed by atoms with van der Waals surface area (Å²) in [7, 11) is 1.59. The molecule has 176 valence electrons. The van der Waals surface area contributed by atoms with Crippen LogP contribution in [0.5, 0.6) is 5.75 Å². The zero-order chi connectivity index (χ0) is 24.1. The number of amides is 1. The highest BCUT2D eigenvalue weighted by Crippen LogP contribution is 2.34. The number of likely N-dealkylation sites (tertiary alicyclic amines) is 1. The molecule has 0 saturated carbocycles. The Kier molecular flexibility index (Phi) is 7.47. The summed E-state index contributed by atoms with van der Waals surface area (Å²) in [6.45, 7) is 7.03. The van der Waals surface area contributed by atoms with E-state index in [1.165, 1.54) is 11.8 Å². The van der Waals surface area contributed by atoms with E-state index in [-0.39, 0.29) is 23.5 Å². The van der Waals surface area contributed by atoms with Crippen molar-refractivity contribution in [2.45, 2.75) is 37.5 Å². The molecule has 1 fully saturated rings. The van der Waals surface area contributed by atoms with Crippen LogP contribution in [0.1, 0.15) is 51.0 Å². The zero-order valence-corrected chi connectivity index (χ0v) is 20.3. The lowest BCUT2D eigenvalue weighted by molar-refractivity contribution is 0.0727. The fourth-order valence-corrected chi connectivity index (χ4v) is 5.02. The van der Waals surface area contributed by atoms with Crippen LogP contribution in [-0.4, -0.2) is 50.8 Å². The molecule has 34 heavy (non-hydrogen) atoms. The van der Waals surface area contributed by atoms with Gasteiger partial charge >= 0.3 is 0 Å². The van der Waals surface area contributed by atoms with Gasteiger partial charge in [-0.3, -0.25) is 9.59 Å². The van der Waals surface area contributed by atoms with Gasteiger partial charge in [0.2, 0.25) is 0 Å². The molecule has 3 aromatic rings. The van der Waals surface area contributed by atoms with E-state index in [2.05, 4.69) is 16.8 Å². The van der Waals surface area contributed by atoms with E-state index < -0.39 is 0 Å². The second kappa shape index (κ2) is 10.7. The topological polar surface area (TPSA) is 77.3 Å². The van der Waals surface area contributed by atoms with Crippen molar-refractivity contribution in [3.8, 4) is 5.75 Å². The minimum atomic E-state index is -0.160. The Labute approximate surface area is 203 Å². The Balaban J connectivity index is 1.52. The number of hydrogen-bond acceptors (Lipinski definition) is 6. The second-order valence-electron chi connectivity index (χ2n) is 8.21. The number of aryl methyl sites for hydroxylation is 1. The second-order valence-corrected chi connectivity index (χ2v) is 9.15. The summed E-state index contributed by atoms with van der Waals surface area (Å²) >= 11 is 1.34. The van der Waals surface area contributed by atoms with Crippen molar-refractivity contribution in [3.05, 3.63) is 83.7 Å². The Hall–Kier alpha value is -3.39. The van der Waals surface area contributed by atoms with Crippen LogP contribution in [0.3, 0.4) is 0 Å². The summed E-state index contributed by atoms with van der Waals surface area (Å²) in [6, 6.07) is 14.6. The van der Waals surface area contributed by atoms with Crippen molar-refractivity contribution in [1.29, 1.82) is 0 Å². The maximum atomic E-state index is 13.3. The molecular weight excluding hydrogens is 448 g/mol. The average Bonchev–Trinajstić information content (AvgIpc) is 3.49. The van der Waals surface area contributed by atoms with Gasteiger partial charge in [-0.15, -0.1) is 16.8 Å². The predicted octanol–water partition coefficient (Wildman–Crippen LogP) is 4.73. The lowest BCUT2D eigenvalue weighted by atomic mass is 10.1. The maximum absolute atomic E-state index is 13.3. The van der Waals surface area contributed by atoms with E-state index in [4.69, 9.17) is 4.74 Å². The van der Waals surface area contributed by atoms with Gasteiger partial charge in [0.1, 0.15) is 5.75 Å². The lowest BCUT2D eigenvalue weighted by Crippen LogP contribution is -2.32. The molecule has 1 unspecified atom stereocenters. The van der Waals surface area contributed by atoms with Gasteiger partial charge in [-0.1, -0.05) is 35.5 Å². The first-order valence-electron chi connectivity index (χ1n) is 11.2. The van der Waals surface area contributed by atoms with E-state index >= 15 is 0 Å². The Bertz CT molecular complexity index is 1190. The van der Waals surface area contributed by atoms with Gasteiger partial charge < -0.3 is 14.2 Å². The number of thioether (sulfide) groups is 1. The van der Waals surface area contributed by atoms with Crippen LogP contribution < -0.4 is 4.74 Å². The number of methoxy groups -OCH3 is 1. The fraction of sp³-hybridized carbons (Fsp3) is 0.308. The third-order valence-corrected chi connectivity index (χ3v) is 6.84. The molecule has 0 aliphatic carbocycles. The molecule has 0 radical (unpaired) electrons. The molecule has 4 rings (SSSR count). The van der Waals surface area contributed by atoms with Crippen molar-refractivity contribution in [2.24, 2.45) is 0 Å². The standard InChI is InChI=1S/C26H28N4O3S/c1-4-14-30-24(22-9-6-15-29(22)25(32)20-8-5-7-18(2)16-20)27-28-26(30)34-17-23(31)19-10-12-21(33-3)13-11-19/h4-5,7-8,10-13,16,22H,1,6,9,14-15,17H2,2-3H3. The van der Waals surface area contributed by atoms with Crippen molar-refractivity contribution in [1.82, 2.24) is 19.7 Å². The molecule has 2 aromatic carbocycles. The van der Waals surface area contributed by atoms with Gasteiger partial charge in [-0.25, -0.2) is 0 Å². The summed E-state index contributed by atoms with van der Waals surface area (Å²) in [5, 5.41) is 9.47. The number of ketones is 1. The van der Waals surface area contributed by atoms with E-state index in [0.717, 1.165) is 24.2 Å². The maximum Gasteiger partial charge on any atom is 0.254 e. The van der Waals surface area contributed by atoms with Gasteiger partial charge in [0.05, 0.1) is 18.9 Å². The van der Waals surface area contributed by atoms with E-state index in [1.807, 2.05) is 40.7 Å². The minimum Gasteiger partial charge on any atom is -0.497 e. The normalized spacial score (nSPS) is 15.4. The summed E-state index contributed by atoms with van der Waals surface area (Å²) in [5.74, 6) is 1.68. The number of ether oxygens (including phenoxy) is 1. The van der Waals surface area contributed by atoms with Gasteiger partial charge in [0.25, 0.3) is 5.91 Å². The largest absolute Gasteiger partial charge is 0.497 e. The lowest BCUT2D eigenvalue weighted by Gasteiger charge is -2.25. The SMILES string of the molecule is C=CCn1c(SCC(=O)c2ccc(OC)cc2)nnc1C1CCCN1C(=O)c1cccc(C)c1. The van der Waals surface area contributed by atoms with E-state index in [1.54, 1.807) is 37.5 Å². The van der Waals surface area contributed by atoms with Crippen LogP contribution in [0.15, 0.2) is 66.3 Å². The summed E-state index contributed by atoms with van der Waals surface area (Å²) in [6.07, 6.45) is 3.51. The van der Waals surface area contributed by atoms with Gasteiger partial charge in [0.15, 0.2) is 16.8 Å². The van der Waals surface area contributed by atoms with Gasteiger partial charge in [-0.05, 0) is 56.2 Å². The van der Waals surface area contributed by atoms with Crippen LogP contribution in [0.4, 0.5) is 0 Å². The zero-order valence-electron chi connectivity index (χ0n) is 19.4. The molecular formula is C26H28N4O3S.